The van der Waals surface area contributed by atoms with E-state index in [9.17, 15) is 4.79 Å². The molecule has 0 heterocycles. The maximum Gasteiger partial charge on any atom is 0.152 e. The number of hydrogen-bond acceptors (Lipinski definition) is 3. The van der Waals surface area contributed by atoms with Gasteiger partial charge in [-0.3, -0.25) is 4.79 Å². The third-order valence-corrected chi connectivity index (χ3v) is 2.21. The van der Waals surface area contributed by atoms with Crippen LogP contribution in [0.4, 0.5) is 0 Å². The predicted octanol–water partition coefficient (Wildman–Crippen LogP) is 1.36. The van der Waals surface area contributed by atoms with E-state index in [0.29, 0.717) is 6.61 Å². The van der Waals surface area contributed by atoms with Gasteiger partial charge in [0.05, 0.1) is 6.04 Å². The van der Waals surface area contributed by atoms with Gasteiger partial charge in [0.2, 0.25) is 0 Å². The van der Waals surface area contributed by atoms with Crippen LogP contribution in [0.15, 0.2) is 0 Å². The van der Waals surface area contributed by atoms with E-state index in [4.69, 9.17) is 10.5 Å². The molecule has 0 fully saturated rings. The van der Waals surface area contributed by atoms with E-state index in [1.165, 1.54) is 0 Å². The zero-order chi connectivity index (χ0) is 10.3. The molecule has 0 saturated heterocycles. The van der Waals surface area contributed by atoms with E-state index in [1.54, 1.807) is 7.11 Å². The van der Waals surface area contributed by atoms with Crippen LogP contribution in [0.2, 0.25) is 0 Å². The molecule has 13 heavy (non-hydrogen) atoms. The van der Waals surface area contributed by atoms with Crippen LogP contribution in [-0.2, 0) is 9.53 Å². The maximum absolute atomic E-state index is 11.6. The molecule has 0 aliphatic rings. The third kappa shape index (κ3) is 5.01. The molecule has 0 bridgehead atoms. The Morgan fingerprint density at radius 1 is 1.46 bits per heavy atom. The molecule has 0 aromatic rings. The zero-order valence-electron chi connectivity index (χ0n) is 8.88. The predicted molar refractivity (Wildman–Crippen MR) is 53.5 cm³/mol. The van der Waals surface area contributed by atoms with Gasteiger partial charge in [-0.05, 0) is 12.8 Å². The number of carbonyl (C=O) groups is 1. The first-order valence-electron chi connectivity index (χ1n) is 4.91. The number of ether oxygens (including phenoxy) is 1. The second-order valence-corrected chi connectivity index (χ2v) is 3.48. The molecule has 2 atom stereocenters. The topological polar surface area (TPSA) is 52.3 Å². The third-order valence-electron chi connectivity index (χ3n) is 2.21. The van der Waals surface area contributed by atoms with Gasteiger partial charge in [0.15, 0.2) is 5.78 Å². The minimum Gasteiger partial charge on any atom is -0.385 e. The highest BCUT2D eigenvalue weighted by atomic mass is 16.5. The van der Waals surface area contributed by atoms with E-state index in [0.717, 1.165) is 19.3 Å². The van der Waals surface area contributed by atoms with Crippen LogP contribution in [0.25, 0.3) is 0 Å². The van der Waals surface area contributed by atoms with Crippen molar-refractivity contribution >= 4 is 5.78 Å². The summed E-state index contributed by atoms with van der Waals surface area (Å²) >= 11 is 0. The van der Waals surface area contributed by atoms with Crippen molar-refractivity contribution in [1.29, 1.82) is 0 Å². The van der Waals surface area contributed by atoms with Crippen LogP contribution < -0.4 is 5.73 Å². The molecule has 0 aromatic heterocycles. The Labute approximate surface area is 80.6 Å². The quantitative estimate of drug-likeness (QED) is 0.654. The number of Topliss-reactive ketones (excluding diaryl/α,β-unsaturated/α-hetero) is 1. The number of methoxy groups -OCH3 is 1. The van der Waals surface area contributed by atoms with Crippen LogP contribution in [0.3, 0.4) is 0 Å². The fourth-order valence-corrected chi connectivity index (χ4v) is 1.26. The Kier molecular flexibility index (Phi) is 6.82. The van der Waals surface area contributed by atoms with Gasteiger partial charge in [-0.15, -0.1) is 0 Å². The van der Waals surface area contributed by atoms with Gasteiger partial charge in [0.25, 0.3) is 0 Å². The summed E-state index contributed by atoms with van der Waals surface area (Å²) in [6.07, 6.45) is 2.52. The van der Waals surface area contributed by atoms with Crippen molar-refractivity contribution in [2.24, 2.45) is 11.7 Å². The summed E-state index contributed by atoms with van der Waals surface area (Å²) in [5, 5.41) is 0. The Hall–Kier alpha value is -0.410. The molecule has 0 spiro atoms. The summed E-state index contributed by atoms with van der Waals surface area (Å²) in [5.41, 5.74) is 5.71. The van der Waals surface area contributed by atoms with Crippen LogP contribution in [0.1, 0.15) is 33.1 Å². The molecule has 0 aliphatic carbocycles. The summed E-state index contributed by atoms with van der Waals surface area (Å²) in [4.78, 5) is 11.6. The van der Waals surface area contributed by atoms with Gasteiger partial charge in [-0.1, -0.05) is 20.3 Å². The largest absolute Gasteiger partial charge is 0.385 e. The summed E-state index contributed by atoms with van der Waals surface area (Å²) in [6, 6.07) is -0.281. The molecule has 0 rings (SSSR count). The summed E-state index contributed by atoms with van der Waals surface area (Å²) in [5.74, 6) is 0.195. The first-order valence-corrected chi connectivity index (χ1v) is 4.91. The lowest BCUT2D eigenvalue weighted by atomic mass is 9.95. The average Bonchev–Trinajstić information content (AvgIpc) is 2.13. The summed E-state index contributed by atoms with van der Waals surface area (Å²) < 4.78 is 4.91. The minimum atomic E-state index is -0.281. The normalized spacial score (nSPS) is 15.4. The minimum absolute atomic E-state index is 0.0292. The number of nitrogens with two attached hydrogens (primary N) is 1. The van der Waals surface area contributed by atoms with Gasteiger partial charge >= 0.3 is 0 Å². The van der Waals surface area contributed by atoms with Crippen molar-refractivity contribution in [3.8, 4) is 0 Å². The Morgan fingerprint density at radius 3 is 2.54 bits per heavy atom. The molecule has 2 unspecified atom stereocenters. The Balaban J connectivity index is 3.79. The van der Waals surface area contributed by atoms with E-state index in [1.807, 2.05) is 13.8 Å². The van der Waals surface area contributed by atoms with Gasteiger partial charge in [-0.25, -0.2) is 0 Å². The molecule has 0 aliphatic heterocycles. The first-order chi connectivity index (χ1) is 6.13. The zero-order valence-corrected chi connectivity index (χ0v) is 8.88. The second-order valence-electron chi connectivity index (χ2n) is 3.48. The van der Waals surface area contributed by atoms with Crippen LogP contribution in [0, 0.1) is 5.92 Å². The summed E-state index contributed by atoms with van der Waals surface area (Å²) in [6.45, 7) is 4.58. The number of hydrogen-bond donors (Lipinski definition) is 1. The standard InChI is InChI=1S/C10H21NO2/c1-4-5-9(11)10(12)8(2)6-7-13-3/h8-9H,4-7,11H2,1-3H3. The average molecular weight is 187 g/mol. The lowest BCUT2D eigenvalue weighted by Gasteiger charge is -2.14. The van der Waals surface area contributed by atoms with Gasteiger partial charge in [0, 0.05) is 19.6 Å². The lowest BCUT2D eigenvalue weighted by Crippen LogP contribution is -2.34. The number of rotatable bonds is 7. The SMILES string of the molecule is CCCC(N)C(=O)C(C)CCOC. The number of carbonyl (C=O) groups excluding carboxylic acids is 1. The van der Waals surface area contributed by atoms with Crippen LogP contribution in [0.5, 0.6) is 0 Å². The lowest BCUT2D eigenvalue weighted by molar-refractivity contribution is -0.124. The van der Waals surface area contributed by atoms with Gasteiger partial charge in [-0.2, -0.15) is 0 Å². The molecular formula is C10H21NO2. The molecule has 0 amide bonds. The molecule has 3 heteroatoms. The highest BCUT2D eigenvalue weighted by Gasteiger charge is 2.18. The Bertz CT molecular complexity index is 148. The fraction of sp³-hybridized carbons (Fsp3) is 0.900. The van der Waals surface area contributed by atoms with Crippen LogP contribution >= 0.6 is 0 Å². The second kappa shape index (κ2) is 7.04. The number of ketones is 1. The molecule has 0 aromatic carbocycles. The van der Waals surface area contributed by atoms with E-state index < -0.39 is 0 Å². The molecule has 2 N–H and O–H groups in total. The van der Waals surface area contributed by atoms with Crippen molar-refractivity contribution in [3.05, 3.63) is 0 Å². The molecular weight excluding hydrogens is 166 g/mol. The van der Waals surface area contributed by atoms with Gasteiger partial charge in [0.1, 0.15) is 0 Å². The smallest absolute Gasteiger partial charge is 0.152 e. The monoisotopic (exact) mass is 187 g/mol. The molecule has 3 nitrogen and oxygen atoms in total. The fourth-order valence-electron chi connectivity index (χ4n) is 1.26. The Morgan fingerprint density at radius 2 is 2.08 bits per heavy atom. The first kappa shape index (κ1) is 12.6. The summed E-state index contributed by atoms with van der Waals surface area (Å²) in [7, 11) is 1.64. The van der Waals surface area contributed by atoms with Crippen molar-refractivity contribution in [1.82, 2.24) is 0 Å². The van der Waals surface area contributed by atoms with Crippen molar-refractivity contribution in [2.75, 3.05) is 13.7 Å². The van der Waals surface area contributed by atoms with E-state index >= 15 is 0 Å². The van der Waals surface area contributed by atoms with E-state index in [2.05, 4.69) is 0 Å². The van der Waals surface area contributed by atoms with Crippen LogP contribution in [-0.4, -0.2) is 25.5 Å². The molecule has 78 valence electrons. The van der Waals surface area contributed by atoms with Gasteiger partial charge < -0.3 is 10.5 Å². The molecule has 0 radical (unpaired) electrons. The van der Waals surface area contributed by atoms with E-state index in [-0.39, 0.29) is 17.7 Å². The van der Waals surface area contributed by atoms with Crippen molar-refractivity contribution in [2.45, 2.75) is 39.2 Å². The molecule has 0 saturated carbocycles. The highest BCUT2D eigenvalue weighted by molar-refractivity contribution is 5.85. The van der Waals surface area contributed by atoms with Crippen molar-refractivity contribution in [3.63, 3.8) is 0 Å². The highest BCUT2D eigenvalue weighted by Crippen LogP contribution is 2.08. The van der Waals surface area contributed by atoms with Crippen molar-refractivity contribution < 1.29 is 9.53 Å². The maximum atomic E-state index is 11.6.